The lowest BCUT2D eigenvalue weighted by molar-refractivity contribution is 0.473. The van der Waals surface area contributed by atoms with Gasteiger partial charge in [-0.3, -0.25) is 4.31 Å². The Morgan fingerprint density at radius 1 is 1.18 bits per heavy atom. The number of likely N-dealkylation sites (tertiary alicyclic amines) is 1. The highest BCUT2D eigenvalue weighted by atomic mass is 32.2. The van der Waals surface area contributed by atoms with Gasteiger partial charge in [-0.1, -0.05) is 42.5 Å². The van der Waals surface area contributed by atoms with Crippen LogP contribution in [0.2, 0.25) is 0 Å². The van der Waals surface area contributed by atoms with Gasteiger partial charge in [0, 0.05) is 58.8 Å². The fourth-order valence-electron chi connectivity index (χ4n) is 5.37. The van der Waals surface area contributed by atoms with E-state index in [1.165, 1.54) is 16.8 Å². The summed E-state index contributed by atoms with van der Waals surface area (Å²) in [6.45, 7) is 10.5. The minimum absolute atomic E-state index is 0.0545. The summed E-state index contributed by atoms with van der Waals surface area (Å²) in [6, 6.07) is 21.5. The molecule has 38 heavy (non-hydrogen) atoms. The lowest BCUT2D eigenvalue weighted by Gasteiger charge is -2.27. The Hall–Kier alpha value is -3.60. The number of thiazole rings is 1. The zero-order chi connectivity index (χ0) is 26.4. The standard InChI is InChI=1S/C31H29N5S2/c1-20-8-10-25(11-9-20)38-36-18-27(26-14-22(16-32)17-33-29(26)36)30-34-28(19-37-30)23-6-5-7-24(15-23)31(3)12-13-35(4)21(31)2/h5-11,14-15,17,19,27H,2,12-13,18H2,1,3-4H3. The van der Waals surface area contributed by atoms with Gasteiger partial charge in [0.2, 0.25) is 0 Å². The Labute approximate surface area is 232 Å². The number of allylic oxidation sites excluding steroid dienone is 1. The molecule has 190 valence electrons. The van der Waals surface area contributed by atoms with Crippen molar-refractivity contribution in [3.8, 4) is 17.3 Å². The Morgan fingerprint density at radius 2 is 2.00 bits per heavy atom. The van der Waals surface area contributed by atoms with Gasteiger partial charge in [-0.25, -0.2) is 9.97 Å². The van der Waals surface area contributed by atoms with Gasteiger partial charge in [-0.05, 0) is 62.0 Å². The van der Waals surface area contributed by atoms with E-state index in [2.05, 4.69) is 102 Å². The number of hydrogen-bond acceptors (Lipinski definition) is 7. The minimum Gasteiger partial charge on any atom is -0.378 e. The molecule has 5 nitrogen and oxygen atoms in total. The van der Waals surface area contributed by atoms with E-state index in [0.717, 1.165) is 52.1 Å². The number of nitriles is 1. The predicted octanol–water partition coefficient (Wildman–Crippen LogP) is 7.15. The first-order valence-electron chi connectivity index (χ1n) is 12.7. The third-order valence-corrected chi connectivity index (χ3v) is 9.87. The molecule has 0 radical (unpaired) electrons. The van der Waals surface area contributed by atoms with E-state index in [-0.39, 0.29) is 11.3 Å². The molecular weight excluding hydrogens is 507 g/mol. The second-order valence-corrected chi connectivity index (χ2v) is 12.4. The number of anilines is 1. The van der Waals surface area contributed by atoms with E-state index < -0.39 is 0 Å². The lowest BCUT2D eigenvalue weighted by Crippen LogP contribution is -2.22. The van der Waals surface area contributed by atoms with Crippen LogP contribution in [-0.2, 0) is 5.41 Å². The van der Waals surface area contributed by atoms with Crippen LogP contribution in [-0.4, -0.2) is 35.0 Å². The molecule has 2 aromatic heterocycles. The first-order chi connectivity index (χ1) is 18.4. The third-order valence-electron chi connectivity index (χ3n) is 7.88. The Balaban J connectivity index is 1.31. The minimum atomic E-state index is -0.0545. The lowest BCUT2D eigenvalue weighted by atomic mass is 9.79. The highest BCUT2D eigenvalue weighted by Gasteiger charge is 2.38. The van der Waals surface area contributed by atoms with Crippen molar-refractivity contribution in [2.75, 3.05) is 24.4 Å². The van der Waals surface area contributed by atoms with E-state index in [9.17, 15) is 5.26 Å². The zero-order valence-corrected chi connectivity index (χ0v) is 23.4. The maximum absolute atomic E-state index is 9.55. The van der Waals surface area contributed by atoms with Crippen LogP contribution >= 0.6 is 23.3 Å². The average molecular weight is 536 g/mol. The van der Waals surface area contributed by atoms with Crippen molar-refractivity contribution >= 4 is 29.1 Å². The monoisotopic (exact) mass is 535 g/mol. The summed E-state index contributed by atoms with van der Waals surface area (Å²) in [5, 5.41) is 12.8. The first kappa shape index (κ1) is 24.7. The summed E-state index contributed by atoms with van der Waals surface area (Å²) in [5.74, 6) is 0.974. The molecule has 7 heteroatoms. The molecule has 0 amide bonds. The molecule has 4 aromatic rings. The van der Waals surface area contributed by atoms with Crippen molar-refractivity contribution in [3.05, 3.63) is 106 Å². The molecule has 0 spiro atoms. The molecule has 2 aromatic carbocycles. The largest absolute Gasteiger partial charge is 0.378 e. The number of benzene rings is 2. The average Bonchev–Trinajstić information content (AvgIpc) is 3.63. The molecule has 0 aliphatic carbocycles. The second-order valence-electron chi connectivity index (χ2n) is 10.4. The molecule has 2 aliphatic heterocycles. The van der Waals surface area contributed by atoms with Gasteiger partial charge in [-0.15, -0.1) is 11.3 Å². The van der Waals surface area contributed by atoms with E-state index in [4.69, 9.17) is 4.98 Å². The Morgan fingerprint density at radius 3 is 2.74 bits per heavy atom. The Kier molecular flexibility index (Phi) is 6.25. The van der Waals surface area contributed by atoms with Crippen molar-refractivity contribution in [2.24, 2.45) is 0 Å². The van der Waals surface area contributed by atoms with E-state index in [1.54, 1.807) is 29.5 Å². The van der Waals surface area contributed by atoms with Crippen molar-refractivity contribution in [1.82, 2.24) is 14.9 Å². The van der Waals surface area contributed by atoms with Crippen LogP contribution in [0.4, 0.5) is 5.82 Å². The summed E-state index contributed by atoms with van der Waals surface area (Å²) in [7, 11) is 2.12. The van der Waals surface area contributed by atoms with E-state index in [0.29, 0.717) is 5.56 Å². The van der Waals surface area contributed by atoms with Gasteiger partial charge in [-0.2, -0.15) is 5.26 Å². The molecule has 6 rings (SSSR count). The second kappa shape index (κ2) is 9.61. The molecule has 1 saturated heterocycles. The van der Waals surface area contributed by atoms with Crippen LogP contribution < -0.4 is 4.31 Å². The van der Waals surface area contributed by atoms with Gasteiger partial charge in [0.15, 0.2) is 0 Å². The number of pyridine rings is 1. The van der Waals surface area contributed by atoms with Crippen LogP contribution in [0.25, 0.3) is 11.3 Å². The maximum Gasteiger partial charge on any atom is 0.142 e. The van der Waals surface area contributed by atoms with Gasteiger partial charge in [0.25, 0.3) is 0 Å². The van der Waals surface area contributed by atoms with Crippen LogP contribution in [0.1, 0.15) is 46.5 Å². The number of fused-ring (bicyclic) bond motifs is 1. The number of rotatable bonds is 5. The maximum atomic E-state index is 9.55. The quantitative estimate of drug-likeness (QED) is 0.253. The topological polar surface area (TPSA) is 56.0 Å². The number of hydrogen-bond donors (Lipinski definition) is 0. The number of likely N-dealkylation sites (N-methyl/N-ethyl adjacent to an activating group) is 1. The molecule has 2 atom stereocenters. The highest BCUT2D eigenvalue weighted by molar-refractivity contribution is 8.00. The van der Waals surface area contributed by atoms with Crippen LogP contribution in [0.15, 0.2) is 83.3 Å². The van der Waals surface area contributed by atoms with Crippen LogP contribution in [0.5, 0.6) is 0 Å². The van der Waals surface area contributed by atoms with Crippen molar-refractivity contribution in [2.45, 2.75) is 36.5 Å². The zero-order valence-electron chi connectivity index (χ0n) is 21.8. The smallest absolute Gasteiger partial charge is 0.142 e. The fraction of sp³-hybridized carbons (Fsp3) is 0.258. The molecule has 0 N–H and O–H groups in total. The fourth-order valence-corrected chi connectivity index (χ4v) is 7.29. The van der Waals surface area contributed by atoms with Crippen molar-refractivity contribution < 1.29 is 0 Å². The predicted molar refractivity (Wildman–Crippen MR) is 156 cm³/mol. The summed E-state index contributed by atoms with van der Waals surface area (Å²) < 4.78 is 2.23. The van der Waals surface area contributed by atoms with Crippen LogP contribution in [0, 0.1) is 18.3 Å². The molecule has 1 fully saturated rings. The van der Waals surface area contributed by atoms with Gasteiger partial charge in [0.1, 0.15) is 16.9 Å². The van der Waals surface area contributed by atoms with E-state index in [1.807, 2.05) is 6.07 Å². The Bertz CT molecular complexity index is 1570. The summed E-state index contributed by atoms with van der Waals surface area (Å²) in [6.07, 6.45) is 2.73. The summed E-state index contributed by atoms with van der Waals surface area (Å²) in [4.78, 5) is 13.2. The number of nitrogens with zero attached hydrogens (tertiary/aromatic N) is 5. The third kappa shape index (κ3) is 4.28. The van der Waals surface area contributed by atoms with E-state index >= 15 is 0 Å². The highest BCUT2D eigenvalue weighted by Crippen LogP contribution is 2.46. The summed E-state index contributed by atoms with van der Waals surface area (Å²) in [5.41, 5.74) is 7.40. The molecular formula is C31H29N5S2. The molecule has 2 aliphatic rings. The molecule has 0 bridgehead atoms. The normalized spacial score (nSPS) is 20.6. The SMILES string of the molecule is C=C1N(C)CCC1(C)c1cccc(-c2csc(C3CN(Sc4ccc(C)cc4)c4ncc(C#N)cc43)n2)c1. The number of aryl methyl sites for hydroxylation is 1. The number of aromatic nitrogens is 2. The van der Waals surface area contributed by atoms with Gasteiger partial charge < -0.3 is 4.90 Å². The summed E-state index contributed by atoms with van der Waals surface area (Å²) >= 11 is 3.37. The van der Waals surface area contributed by atoms with Crippen LogP contribution in [0.3, 0.4) is 0 Å². The molecule has 2 unspecified atom stereocenters. The molecule has 0 saturated carbocycles. The van der Waals surface area contributed by atoms with Gasteiger partial charge in [0.05, 0.1) is 17.2 Å². The van der Waals surface area contributed by atoms with Crippen molar-refractivity contribution in [1.29, 1.82) is 5.26 Å². The van der Waals surface area contributed by atoms with Gasteiger partial charge >= 0.3 is 0 Å². The first-order valence-corrected chi connectivity index (χ1v) is 14.4. The molecule has 4 heterocycles. The van der Waals surface area contributed by atoms with Crippen molar-refractivity contribution in [3.63, 3.8) is 0 Å².